The number of aromatic nitrogens is 1. The molecule has 0 unspecified atom stereocenters. The van der Waals surface area contributed by atoms with Crippen molar-refractivity contribution in [1.29, 1.82) is 0 Å². The molecule has 7 heteroatoms. The molecule has 0 aromatic carbocycles. The molecule has 114 valence electrons. The summed E-state index contributed by atoms with van der Waals surface area (Å²) in [5, 5.41) is 25.1. The van der Waals surface area contributed by atoms with E-state index >= 15 is 0 Å². The molecule has 21 heavy (non-hydrogen) atoms. The molecular weight excluding hydrogens is 308 g/mol. The molecule has 0 saturated heterocycles. The number of carbonyl (C=O) groups excluding carboxylic acids is 1. The molecule has 5 nitrogen and oxygen atoms in total. The molecule has 0 aliphatic heterocycles. The van der Waals surface area contributed by atoms with E-state index in [2.05, 4.69) is 4.98 Å². The maximum atomic E-state index is 12.3. The fourth-order valence-electron chi connectivity index (χ4n) is 1.88. The average Bonchev–Trinajstić information content (AvgIpc) is 3.16. The van der Waals surface area contributed by atoms with Gasteiger partial charge < -0.3 is 15.1 Å². The molecule has 0 saturated carbocycles. The highest BCUT2D eigenvalue weighted by molar-refractivity contribution is 7.14. The van der Waals surface area contributed by atoms with Gasteiger partial charge in [0.1, 0.15) is 10.7 Å². The van der Waals surface area contributed by atoms with Gasteiger partial charge in [-0.05, 0) is 11.4 Å². The van der Waals surface area contributed by atoms with E-state index in [0.29, 0.717) is 5.69 Å². The SMILES string of the molecule is CN(CC(C)(CO)CO)C(=O)c1csc(-c2ccsc2)n1. The van der Waals surface area contributed by atoms with Crippen LogP contribution in [0, 0.1) is 5.41 Å². The normalized spacial score (nSPS) is 11.6. The van der Waals surface area contributed by atoms with Gasteiger partial charge in [-0.1, -0.05) is 6.92 Å². The number of rotatable bonds is 6. The molecule has 0 fully saturated rings. The molecule has 2 aromatic rings. The van der Waals surface area contributed by atoms with Crippen molar-refractivity contribution in [1.82, 2.24) is 9.88 Å². The number of hydrogen-bond donors (Lipinski definition) is 2. The van der Waals surface area contributed by atoms with E-state index in [9.17, 15) is 15.0 Å². The number of amides is 1. The van der Waals surface area contributed by atoms with E-state index in [1.54, 1.807) is 30.7 Å². The molecule has 2 aromatic heterocycles. The van der Waals surface area contributed by atoms with E-state index in [1.807, 2.05) is 16.8 Å². The van der Waals surface area contributed by atoms with Crippen molar-refractivity contribution in [2.24, 2.45) is 5.41 Å². The molecule has 0 atom stereocenters. The number of nitrogens with zero attached hydrogens (tertiary/aromatic N) is 2. The van der Waals surface area contributed by atoms with Gasteiger partial charge in [0.05, 0.1) is 13.2 Å². The lowest BCUT2D eigenvalue weighted by molar-refractivity contribution is 0.0364. The second-order valence-electron chi connectivity index (χ2n) is 5.34. The third-order valence-electron chi connectivity index (χ3n) is 3.22. The summed E-state index contributed by atoms with van der Waals surface area (Å²) in [6.45, 7) is 1.63. The van der Waals surface area contributed by atoms with E-state index in [-0.39, 0.29) is 25.7 Å². The summed E-state index contributed by atoms with van der Waals surface area (Å²) in [6, 6.07) is 1.97. The second-order valence-corrected chi connectivity index (χ2v) is 6.98. The van der Waals surface area contributed by atoms with Gasteiger partial charge in [-0.3, -0.25) is 4.79 Å². The van der Waals surface area contributed by atoms with E-state index < -0.39 is 5.41 Å². The smallest absolute Gasteiger partial charge is 0.273 e. The van der Waals surface area contributed by atoms with Gasteiger partial charge in [-0.2, -0.15) is 11.3 Å². The topological polar surface area (TPSA) is 73.7 Å². The predicted molar refractivity (Wildman–Crippen MR) is 84.7 cm³/mol. The van der Waals surface area contributed by atoms with Crippen LogP contribution in [0.3, 0.4) is 0 Å². The van der Waals surface area contributed by atoms with Crippen LogP contribution < -0.4 is 0 Å². The Labute approximate surface area is 131 Å². The minimum Gasteiger partial charge on any atom is -0.396 e. The van der Waals surface area contributed by atoms with Gasteiger partial charge in [-0.25, -0.2) is 4.98 Å². The van der Waals surface area contributed by atoms with Crippen LogP contribution in [0.15, 0.2) is 22.2 Å². The summed E-state index contributed by atoms with van der Waals surface area (Å²) in [4.78, 5) is 18.2. The molecule has 2 heterocycles. The van der Waals surface area contributed by atoms with Crippen LogP contribution in [0.4, 0.5) is 0 Å². The van der Waals surface area contributed by atoms with Gasteiger partial charge in [0.2, 0.25) is 0 Å². The standard InChI is InChI=1S/C14H18N2O3S2/c1-14(8-17,9-18)7-16(2)13(19)11-6-21-12(15-11)10-3-4-20-5-10/h3-6,17-18H,7-9H2,1-2H3. The highest BCUT2D eigenvalue weighted by Gasteiger charge is 2.27. The zero-order valence-electron chi connectivity index (χ0n) is 11.9. The van der Waals surface area contributed by atoms with Gasteiger partial charge in [0.25, 0.3) is 5.91 Å². The van der Waals surface area contributed by atoms with Gasteiger partial charge in [0.15, 0.2) is 0 Å². The lowest BCUT2D eigenvalue weighted by atomic mass is 9.92. The lowest BCUT2D eigenvalue weighted by Gasteiger charge is -2.29. The summed E-state index contributed by atoms with van der Waals surface area (Å²) in [6.07, 6.45) is 0. The summed E-state index contributed by atoms with van der Waals surface area (Å²) < 4.78 is 0. The quantitative estimate of drug-likeness (QED) is 0.851. The van der Waals surface area contributed by atoms with Crippen molar-refractivity contribution >= 4 is 28.6 Å². The zero-order valence-corrected chi connectivity index (χ0v) is 13.6. The number of aliphatic hydroxyl groups excluding tert-OH is 2. The minimum atomic E-state index is -0.712. The number of thiazole rings is 1. The van der Waals surface area contributed by atoms with Crippen LogP contribution in [-0.4, -0.2) is 52.8 Å². The number of hydrogen-bond acceptors (Lipinski definition) is 6. The fraction of sp³-hybridized carbons (Fsp3) is 0.429. The molecule has 2 rings (SSSR count). The van der Waals surface area contributed by atoms with Crippen LogP contribution in [0.5, 0.6) is 0 Å². The van der Waals surface area contributed by atoms with Crippen molar-refractivity contribution in [3.8, 4) is 10.6 Å². The third-order valence-corrected chi connectivity index (χ3v) is 4.80. The summed E-state index contributed by atoms with van der Waals surface area (Å²) in [5.74, 6) is -0.208. The average molecular weight is 326 g/mol. The van der Waals surface area contributed by atoms with E-state index in [4.69, 9.17) is 0 Å². The van der Waals surface area contributed by atoms with Crippen molar-refractivity contribution in [2.45, 2.75) is 6.92 Å². The van der Waals surface area contributed by atoms with Crippen LogP contribution >= 0.6 is 22.7 Å². The van der Waals surface area contributed by atoms with Crippen molar-refractivity contribution in [2.75, 3.05) is 26.8 Å². The van der Waals surface area contributed by atoms with Crippen molar-refractivity contribution in [3.63, 3.8) is 0 Å². The van der Waals surface area contributed by atoms with Crippen molar-refractivity contribution < 1.29 is 15.0 Å². The number of carbonyl (C=O) groups is 1. The molecule has 0 spiro atoms. The first-order valence-corrected chi connectivity index (χ1v) is 8.26. The van der Waals surface area contributed by atoms with Crippen LogP contribution in [0.25, 0.3) is 10.6 Å². The Morgan fingerprint density at radius 3 is 2.67 bits per heavy atom. The molecule has 0 aliphatic rings. The maximum absolute atomic E-state index is 12.3. The van der Waals surface area contributed by atoms with Crippen LogP contribution in [-0.2, 0) is 0 Å². The Kier molecular flexibility index (Phi) is 5.10. The summed E-state index contributed by atoms with van der Waals surface area (Å²) >= 11 is 3.02. The highest BCUT2D eigenvalue weighted by atomic mass is 32.1. The molecule has 0 aliphatic carbocycles. The van der Waals surface area contributed by atoms with Crippen molar-refractivity contribution in [3.05, 3.63) is 27.9 Å². The third kappa shape index (κ3) is 3.68. The van der Waals surface area contributed by atoms with Gasteiger partial charge in [0, 0.05) is 35.3 Å². The Balaban J connectivity index is 2.10. The lowest BCUT2D eigenvalue weighted by Crippen LogP contribution is -2.41. The molecule has 0 radical (unpaired) electrons. The molecule has 2 N–H and O–H groups in total. The van der Waals surface area contributed by atoms with E-state index in [0.717, 1.165) is 10.6 Å². The zero-order chi connectivity index (χ0) is 15.5. The monoisotopic (exact) mass is 326 g/mol. The summed E-state index contributed by atoms with van der Waals surface area (Å²) in [5.41, 5.74) is 0.695. The Morgan fingerprint density at radius 2 is 2.10 bits per heavy atom. The summed E-state index contributed by atoms with van der Waals surface area (Å²) in [7, 11) is 1.65. The Hall–Kier alpha value is -1.28. The minimum absolute atomic E-state index is 0.182. The molecule has 0 bridgehead atoms. The first kappa shape index (κ1) is 16.1. The number of aliphatic hydroxyl groups is 2. The van der Waals surface area contributed by atoms with Crippen LogP contribution in [0.1, 0.15) is 17.4 Å². The predicted octanol–water partition coefficient (Wildman–Crippen LogP) is 1.93. The fourth-order valence-corrected chi connectivity index (χ4v) is 3.39. The van der Waals surface area contributed by atoms with E-state index in [1.165, 1.54) is 16.2 Å². The molecule has 1 amide bonds. The van der Waals surface area contributed by atoms with Gasteiger partial charge in [-0.15, -0.1) is 11.3 Å². The molecular formula is C14H18N2O3S2. The largest absolute Gasteiger partial charge is 0.396 e. The van der Waals surface area contributed by atoms with Crippen LogP contribution in [0.2, 0.25) is 0 Å². The van der Waals surface area contributed by atoms with Gasteiger partial charge >= 0.3 is 0 Å². The second kappa shape index (κ2) is 6.65. The Bertz CT molecular complexity index is 591. The number of thiophene rings is 1. The Morgan fingerprint density at radius 1 is 1.38 bits per heavy atom. The first-order valence-electron chi connectivity index (χ1n) is 6.44. The maximum Gasteiger partial charge on any atom is 0.273 e. The highest BCUT2D eigenvalue weighted by Crippen LogP contribution is 2.26. The first-order chi connectivity index (χ1) is 9.99.